The summed E-state index contributed by atoms with van der Waals surface area (Å²) in [6.45, 7) is 6.61. The molecule has 1 aliphatic rings. The number of ether oxygens (including phenoxy) is 1. The van der Waals surface area contributed by atoms with Crippen molar-refractivity contribution in [3.8, 4) is 0 Å². The van der Waals surface area contributed by atoms with Crippen molar-refractivity contribution in [1.82, 2.24) is 4.31 Å². The maximum Gasteiger partial charge on any atom is 0.318 e. The number of carboxylic acid groups (broad SMARTS) is 1. The summed E-state index contributed by atoms with van der Waals surface area (Å²) >= 11 is 13.0. The smallest absolute Gasteiger partial charge is 0.318 e. The van der Waals surface area contributed by atoms with Crippen LogP contribution in [0, 0.1) is 12.3 Å². The minimum absolute atomic E-state index is 0.0882. The summed E-state index contributed by atoms with van der Waals surface area (Å²) in [5.74, 6) is -1.88. The van der Waals surface area contributed by atoms with Gasteiger partial charge in [-0.05, 0) is 48.7 Å². The zero-order chi connectivity index (χ0) is 30.1. The molecule has 3 aromatic rings. The van der Waals surface area contributed by atoms with E-state index in [9.17, 15) is 23.1 Å². The summed E-state index contributed by atoms with van der Waals surface area (Å²) in [6, 6.07) is 18.2. The van der Waals surface area contributed by atoms with E-state index >= 15 is 0 Å². The molecule has 1 heterocycles. The second-order valence-electron chi connectivity index (χ2n) is 11.2. The normalized spacial score (nSPS) is 17.8. The Morgan fingerprint density at radius 1 is 1.02 bits per heavy atom. The van der Waals surface area contributed by atoms with E-state index in [2.05, 4.69) is 0 Å². The Hall–Kier alpha value is -2.95. The molecule has 2 unspecified atom stereocenters. The fourth-order valence-electron chi connectivity index (χ4n) is 4.70. The number of carbonyl (C=O) groups is 2. The molecule has 8 nitrogen and oxygen atoms in total. The molecule has 1 amide bonds. The Kier molecular flexibility index (Phi) is 9.16. The summed E-state index contributed by atoms with van der Waals surface area (Å²) in [6.07, 6.45) is -2.27. The monoisotopic (exact) mass is 618 g/mol. The van der Waals surface area contributed by atoms with Crippen LogP contribution in [-0.4, -0.2) is 55.4 Å². The molecule has 11 heteroatoms. The summed E-state index contributed by atoms with van der Waals surface area (Å²) in [5.41, 5.74) is 2.17. The number of halogens is 2. The fraction of sp³-hybridized carbons (Fsp3) is 0.333. The van der Waals surface area contributed by atoms with Gasteiger partial charge in [0.05, 0.1) is 11.4 Å². The van der Waals surface area contributed by atoms with Crippen LogP contribution < -0.4 is 4.90 Å². The molecule has 1 aliphatic heterocycles. The van der Waals surface area contributed by atoms with Crippen LogP contribution in [0.1, 0.15) is 43.6 Å². The molecule has 0 aliphatic carbocycles. The number of hydrogen-bond acceptors (Lipinski definition) is 5. The van der Waals surface area contributed by atoms with Crippen molar-refractivity contribution in [3.63, 3.8) is 0 Å². The van der Waals surface area contributed by atoms with Gasteiger partial charge in [-0.1, -0.05) is 79.9 Å². The van der Waals surface area contributed by atoms with Gasteiger partial charge in [-0.3, -0.25) is 9.59 Å². The second kappa shape index (κ2) is 12.1. The van der Waals surface area contributed by atoms with E-state index < -0.39 is 47.2 Å². The highest BCUT2D eigenvalue weighted by Gasteiger charge is 2.41. The van der Waals surface area contributed by atoms with Gasteiger partial charge < -0.3 is 14.7 Å². The summed E-state index contributed by atoms with van der Waals surface area (Å²) in [7, 11) is -4.31. The molecule has 0 fully saturated rings. The van der Waals surface area contributed by atoms with Crippen LogP contribution in [0.2, 0.25) is 10.0 Å². The first-order chi connectivity index (χ1) is 19.2. The molecule has 0 bridgehead atoms. The first-order valence-electron chi connectivity index (χ1n) is 13.0. The molecule has 0 aromatic heterocycles. The molecule has 1 N–H and O–H groups in total. The van der Waals surface area contributed by atoms with Gasteiger partial charge >= 0.3 is 5.97 Å². The third-order valence-corrected chi connectivity index (χ3v) is 8.97. The topological polar surface area (TPSA) is 104 Å². The molecule has 0 radical (unpaired) electrons. The van der Waals surface area contributed by atoms with Crippen molar-refractivity contribution in [2.75, 3.05) is 24.5 Å². The molecule has 4 rings (SSSR count). The van der Waals surface area contributed by atoms with Gasteiger partial charge in [-0.15, -0.1) is 0 Å². The lowest BCUT2D eigenvalue weighted by molar-refractivity contribution is -0.139. The minimum atomic E-state index is -4.31. The predicted octanol–water partition coefficient (Wildman–Crippen LogP) is 5.94. The maximum absolute atomic E-state index is 14.2. The minimum Gasteiger partial charge on any atom is -0.480 e. The van der Waals surface area contributed by atoms with Crippen molar-refractivity contribution in [1.29, 1.82) is 0 Å². The lowest BCUT2D eigenvalue weighted by atomic mass is 9.94. The third kappa shape index (κ3) is 7.10. The summed E-state index contributed by atoms with van der Waals surface area (Å²) in [4.78, 5) is 27.6. The lowest BCUT2D eigenvalue weighted by Gasteiger charge is -2.32. The zero-order valence-electron chi connectivity index (χ0n) is 23.2. The summed E-state index contributed by atoms with van der Waals surface area (Å²) in [5, 5.41) is 10.5. The Bertz CT molecular complexity index is 1550. The number of fused-ring (bicyclic) bond motifs is 1. The van der Waals surface area contributed by atoms with Crippen LogP contribution in [0.3, 0.4) is 0 Å². The molecule has 218 valence electrons. The SMILES string of the molecule is Cc1ccc(S(=O)(=O)N(CC(=O)O)CC2OC(c3ccccc3Cl)c3cc(Cl)ccc3N(CC(C)(C)C)C2=O)cc1. The lowest BCUT2D eigenvalue weighted by Crippen LogP contribution is -2.50. The predicted molar refractivity (Wildman–Crippen MR) is 159 cm³/mol. The highest BCUT2D eigenvalue weighted by Crippen LogP contribution is 2.42. The van der Waals surface area contributed by atoms with Gasteiger partial charge in [0.25, 0.3) is 5.91 Å². The number of sulfonamides is 1. The Morgan fingerprint density at radius 3 is 2.29 bits per heavy atom. The standard InChI is InChI=1S/C30H32Cl2N2O6S/c1-19-9-12-21(13-10-19)41(38,39)33(17-27(35)36)16-26-29(37)34(18-30(2,3)4)25-14-11-20(31)15-23(25)28(40-26)22-7-5-6-8-24(22)32/h5-15,26,28H,16-18H2,1-4H3,(H,35,36). The number of amides is 1. The van der Waals surface area contributed by atoms with Crippen LogP contribution in [0.25, 0.3) is 0 Å². The van der Waals surface area contributed by atoms with Crippen molar-refractivity contribution in [2.45, 2.75) is 44.8 Å². The van der Waals surface area contributed by atoms with Crippen LogP contribution in [0.5, 0.6) is 0 Å². The van der Waals surface area contributed by atoms with Crippen LogP contribution in [0.4, 0.5) is 5.69 Å². The molecule has 3 aromatic carbocycles. The maximum atomic E-state index is 14.2. The molecular formula is C30H32Cl2N2O6S. The number of aliphatic carboxylic acids is 1. The van der Waals surface area contributed by atoms with Gasteiger partial charge in [-0.25, -0.2) is 8.42 Å². The quantitative estimate of drug-likeness (QED) is 0.335. The molecule has 0 spiro atoms. The van der Waals surface area contributed by atoms with Crippen LogP contribution in [-0.2, 0) is 24.3 Å². The van der Waals surface area contributed by atoms with Gasteiger partial charge in [0.15, 0.2) is 6.10 Å². The number of hydrogen-bond donors (Lipinski definition) is 1. The number of nitrogens with zero attached hydrogens (tertiary/aromatic N) is 2. The fourth-order valence-corrected chi connectivity index (χ4v) is 6.50. The number of aryl methyl sites for hydroxylation is 1. The second-order valence-corrected chi connectivity index (χ2v) is 14.0. The number of carbonyl (C=O) groups excluding carboxylic acids is 1. The molecule has 41 heavy (non-hydrogen) atoms. The first-order valence-corrected chi connectivity index (χ1v) is 15.2. The molecular weight excluding hydrogens is 587 g/mol. The van der Waals surface area contributed by atoms with Gasteiger partial charge in [0.1, 0.15) is 12.6 Å². The van der Waals surface area contributed by atoms with Crippen molar-refractivity contribution in [3.05, 3.63) is 93.5 Å². The van der Waals surface area contributed by atoms with E-state index in [0.29, 0.717) is 26.9 Å². The van der Waals surface area contributed by atoms with E-state index in [-0.39, 0.29) is 16.9 Å². The zero-order valence-corrected chi connectivity index (χ0v) is 25.5. The largest absolute Gasteiger partial charge is 0.480 e. The molecule has 0 saturated carbocycles. The van der Waals surface area contributed by atoms with Crippen molar-refractivity contribution < 1.29 is 27.9 Å². The van der Waals surface area contributed by atoms with Crippen LogP contribution in [0.15, 0.2) is 71.6 Å². The van der Waals surface area contributed by atoms with E-state index in [1.807, 2.05) is 27.7 Å². The first kappa shape index (κ1) is 31.0. The number of carboxylic acids is 1. The highest BCUT2D eigenvalue weighted by molar-refractivity contribution is 7.89. The Balaban J connectivity index is 1.87. The van der Waals surface area contributed by atoms with Gasteiger partial charge in [0.2, 0.25) is 10.0 Å². The Morgan fingerprint density at radius 2 is 1.68 bits per heavy atom. The molecule has 0 saturated heterocycles. The number of benzene rings is 3. The average molecular weight is 620 g/mol. The van der Waals surface area contributed by atoms with Crippen LogP contribution >= 0.6 is 23.2 Å². The average Bonchev–Trinajstić information content (AvgIpc) is 2.98. The Labute approximate surface area is 250 Å². The van der Waals surface area contributed by atoms with Crippen molar-refractivity contribution >= 4 is 50.8 Å². The van der Waals surface area contributed by atoms with E-state index in [1.54, 1.807) is 59.5 Å². The highest BCUT2D eigenvalue weighted by atomic mass is 35.5. The van der Waals surface area contributed by atoms with Gasteiger partial charge in [0, 0.05) is 33.4 Å². The summed E-state index contributed by atoms with van der Waals surface area (Å²) < 4.78 is 34.5. The third-order valence-electron chi connectivity index (χ3n) is 6.56. The number of rotatable bonds is 8. The van der Waals surface area contributed by atoms with E-state index in [4.69, 9.17) is 27.9 Å². The molecule has 2 atom stereocenters. The van der Waals surface area contributed by atoms with Crippen molar-refractivity contribution in [2.24, 2.45) is 5.41 Å². The van der Waals surface area contributed by atoms with Gasteiger partial charge in [-0.2, -0.15) is 4.31 Å². The number of anilines is 1. The van der Waals surface area contributed by atoms with E-state index in [1.165, 1.54) is 12.1 Å². The van der Waals surface area contributed by atoms with E-state index in [0.717, 1.165) is 9.87 Å².